The normalized spacial score (nSPS) is 25.1. The molecule has 1 atom stereocenters. The highest BCUT2D eigenvalue weighted by Gasteiger charge is 2.34. The minimum atomic E-state index is -0.762. The smallest absolute Gasteiger partial charge is 0.273 e. The maximum Gasteiger partial charge on any atom is 0.273 e. The molecule has 1 aliphatic heterocycles. The second-order valence-electron chi connectivity index (χ2n) is 4.30. The van der Waals surface area contributed by atoms with E-state index in [1.54, 1.807) is 17.2 Å². The van der Waals surface area contributed by atoms with Crippen molar-refractivity contribution in [3.63, 3.8) is 0 Å². The fourth-order valence-corrected chi connectivity index (χ4v) is 2.43. The van der Waals surface area contributed by atoms with E-state index in [1.165, 1.54) is 11.3 Å². The van der Waals surface area contributed by atoms with Crippen molar-refractivity contribution in [2.45, 2.75) is 25.5 Å². The van der Waals surface area contributed by atoms with Crippen molar-refractivity contribution in [1.29, 1.82) is 0 Å². The first-order valence-corrected chi connectivity index (χ1v) is 6.06. The second-order valence-corrected chi connectivity index (χ2v) is 5.25. The van der Waals surface area contributed by atoms with Crippen molar-refractivity contribution in [3.05, 3.63) is 16.1 Å². The fraction of sp³-hybridized carbons (Fsp3) is 0.600. The summed E-state index contributed by atoms with van der Waals surface area (Å²) in [5.74, 6) is -0.117. The maximum absolute atomic E-state index is 12.0. The number of amides is 1. The Kier molecular flexibility index (Phi) is 2.96. The predicted molar refractivity (Wildman–Crippen MR) is 61.1 cm³/mol. The number of hydrogen-bond donors (Lipinski definition) is 2. The van der Waals surface area contributed by atoms with E-state index >= 15 is 0 Å². The maximum atomic E-state index is 12.0. The van der Waals surface area contributed by atoms with E-state index in [-0.39, 0.29) is 5.91 Å². The summed E-state index contributed by atoms with van der Waals surface area (Å²) < 4.78 is 0. The van der Waals surface area contributed by atoms with Gasteiger partial charge < -0.3 is 15.7 Å². The molecule has 1 saturated heterocycles. The lowest BCUT2D eigenvalue weighted by Gasteiger charge is -2.17. The lowest BCUT2D eigenvalue weighted by Crippen LogP contribution is -2.34. The lowest BCUT2D eigenvalue weighted by atomic mass is 10.1. The van der Waals surface area contributed by atoms with Gasteiger partial charge in [-0.3, -0.25) is 4.79 Å². The van der Waals surface area contributed by atoms with Crippen molar-refractivity contribution >= 4 is 17.2 Å². The Morgan fingerprint density at radius 1 is 1.81 bits per heavy atom. The van der Waals surface area contributed by atoms with Gasteiger partial charge in [0.05, 0.1) is 5.60 Å². The number of β-amino-alcohol motifs (C(OH)–C–C–N with tert-alkyl or cyclic N) is 1. The average Bonchev–Trinajstić information content (AvgIpc) is 2.83. The first kappa shape index (κ1) is 11.5. The van der Waals surface area contributed by atoms with Gasteiger partial charge in [-0.25, -0.2) is 4.98 Å². The summed E-state index contributed by atoms with van der Waals surface area (Å²) in [6.45, 7) is 3.06. The van der Waals surface area contributed by atoms with Crippen LogP contribution >= 0.6 is 11.3 Å². The predicted octanol–water partition coefficient (Wildman–Crippen LogP) is 0.199. The molecule has 1 fully saturated rings. The summed E-state index contributed by atoms with van der Waals surface area (Å²) in [7, 11) is 0. The van der Waals surface area contributed by atoms with Crippen LogP contribution in [0.5, 0.6) is 0 Å². The molecule has 2 rings (SSSR count). The average molecular weight is 241 g/mol. The number of aromatic nitrogens is 1. The van der Waals surface area contributed by atoms with E-state index in [9.17, 15) is 9.90 Å². The van der Waals surface area contributed by atoms with Crippen LogP contribution in [0.3, 0.4) is 0 Å². The van der Waals surface area contributed by atoms with Gasteiger partial charge in [0.15, 0.2) is 0 Å². The fourth-order valence-electron chi connectivity index (χ4n) is 1.78. The molecule has 0 spiro atoms. The Labute approximate surface area is 97.9 Å². The molecular weight excluding hydrogens is 226 g/mol. The first-order chi connectivity index (χ1) is 7.52. The first-order valence-electron chi connectivity index (χ1n) is 5.18. The summed E-state index contributed by atoms with van der Waals surface area (Å²) >= 11 is 1.39. The molecule has 0 bridgehead atoms. The number of rotatable bonds is 2. The van der Waals surface area contributed by atoms with E-state index in [2.05, 4.69) is 4.98 Å². The molecule has 1 aromatic heterocycles. The Morgan fingerprint density at radius 2 is 2.56 bits per heavy atom. The summed E-state index contributed by atoms with van der Waals surface area (Å²) in [5.41, 5.74) is 5.11. The van der Waals surface area contributed by atoms with Crippen LogP contribution in [0.4, 0.5) is 0 Å². The molecule has 3 N–H and O–H groups in total. The summed E-state index contributed by atoms with van der Waals surface area (Å²) in [4.78, 5) is 17.8. The molecule has 1 aliphatic rings. The number of nitrogens with zero attached hydrogens (tertiary/aromatic N) is 2. The van der Waals surface area contributed by atoms with Gasteiger partial charge in [0.1, 0.15) is 10.7 Å². The van der Waals surface area contributed by atoms with Gasteiger partial charge in [-0.05, 0) is 13.3 Å². The van der Waals surface area contributed by atoms with Crippen LogP contribution in [0.1, 0.15) is 28.8 Å². The van der Waals surface area contributed by atoms with Crippen molar-refractivity contribution in [1.82, 2.24) is 9.88 Å². The highest BCUT2D eigenvalue weighted by molar-refractivity contribution is 7.09. The molecule has 1 amide bonds. The second kappa shape index (κ2) is 4.12. The molecule has 0 aliphatic carbocycles. The molecule has 2 heterocycles. The number of carbonyl (C=O) groups is 1. The Bertz CT molecular complexity index is 403. The summed E-state index contributed by atoms with van der Waals surface area (Å²) in [6.07, 6.45) is 0.618. The van der Waals surface area contributed by atoms with Gasteiger partial charge in [0, 0.05) is 25.0 Å². The van der Waals surface area contributed by atoms with E-state index in [0.717, 1.165) is 5.01 Å². The van der Waals surface area contributed by atoms with Crippen LogP contribution < -0.4 is 5.73 Å². The number of aliphatic hydroxyl groups is 1. The zero-order chi connectivity index (χ0) is 11.8. The highest BCUT2D eigenvalue weighted by atomic mass is 32.1. The molecule has 16 heavy (non-hydrogen) atoms. The molecule has 1 aromatic rings. The van der Waals surface area contributed by atoms with Gasteiger partial charge in [0.2, 0.25) is 0 Å². The molecular formula is C10H15N3O2S. The third-order valence-electron chi connectivity index (χ3n) is 2.68. The highest BCUT2D eigenvalue weighted by Crippen LogP contribution is 2.22. The summed E-state index contributed by atoms with van der Waals surface area (Å²) in [5, 5.41) is 12.3. The zero-order valence-corrected chi connectivity index (χ0v) is 9.96. The Hall–Kier alpha value is -0.980. The van der Waals surface area contributed by atoms with E-state index < -0.39 is 5.60 Å². The third kappa shape index (κ3) is 2.23. The topological polar surface area (TPSA) is 79.5 Å². The van der Waals surface area contributed by atoms with Crippen LogP contribution in [0.25, 0.3) is 0 Å². The van der Waals surface area contributed by atoms with Crippen LogP contribution in [-0.2, 0) is 6.54 Å². The van der Waals surface area contributed by atoms with Crippen molar-refractivity contribution in [3.8, 4) is 0 Å². The van der Waals surface area contributed by atoms with Crippen LogP contribution in [-0.4, -0.2) is 39.6 Å². The van der Waals surface area contributed by atoms with Crippen LogP contribution in [0.2, 0.25) is 0 Å². The van der Waals surface area contributed by atoms with E-state index in [1.807, 2.05) is 0 Å². The van der Waals surface area contributed by atoms with Crippen LogP contribution in [0, 0.1) is 0 Å². The van der Waals surface area contributed by atoms with Gasteiger partial charge in [-0.2, -0.15) is 0 Å². The van der Waals surface area contributed by atoms with Crippen molar-refractivity contribution in [2.24, 2.45) is 5.73 Å². The van der Waals surface area contributed by atoms with Crippen molar-refractivity contribution in [2.75, 3.05) is 13.1 Å². The van der Waals surface area contributed by atoms with Crippen LogP contribution in [0.15, 0.2) is 5.38 Å². The Morgan fingerprint density at radius 3 is 3.06 bits per heavy atom. The minimum absolute atomic E-state index is 0.117. The van der Waals surface area contributed by atoms with Gasteiger partial charge in [-0.1, -0.05) is 0 Å². The van der Waals surface area contributed by atoms with Gasteiger partial charge in [-0.15, -0.1) is 11.3 Å². The SMILES string of the molecule is CC1(O)CCN(C(=O)c2csc(CN)n2)C1. The number of thiazole rings is 1. The molecule has 1 unspecified atom stereocenters. The van der Waals surface area contributed by atoms with Gasteiger partial charge in [0.25, 0.3) is 5.91 Å². The number of carbonyl (C=O) groups excluding carboxylic acids is 1. The standard InChI is InChI=1S/C10H15N3O2S/c1-10(15)2-3-13(6-10)9(14)7-5-16-8(4-11)12-7/h5,15H,2-4,6,11H2,1H3. The molecule has 0 saturated carbocycles. The summed E-state index contributed by atoms with van der Waals surface area (Å²) in [6, 6.07) is 0. The molecule has 0 radical (unpaired) electrons. The number of nitrogens with two attached hydrogens (primary N) is 1. The van der Waals surface area contributed by atoms with E-state index in [0.29, 0.717) is 31.7 Å². The quantitative estimate of drug-likeness (QED) is 0.775. The molecule has 0 aromatic carbocycles. The van der Waals surface area contributed by atoms with Crippen molar-refractivity contribution < 1.29 is 9.90 Å². The lowest BCUT2D eigenvalue weighted by molar-refractivity contribution is 0.0569. The molecule has 5 nitrogen and oxygen atoms in total. The number of hydrogen-bond acceptors (Lipinski definition) is 5. The molecule has 6 heteroatoms. The third-order valence-corrected chi connectivity index (χ3v) is 3.56. The number of likely N-dealkylation sites (tertiary alicyclic amines) is 1. The van der Waals surface area contributed by atoms with Gasteiger partial charge >= 0.3 is 0 Å². The Balaban J connectivity index is 2.08. The van der Waals surface area contributed by atoms with E-state index in [4.69, 9.17) is 5.73 Å². The zero-order valence-electron chi connectivity index (χ0n) is 9.14. The largest absolute Gasteiger partial charge is 0.388 e. The minimum Gasteiger partial charge on any atom is -0.388 e. The molecule has 88 valence electrons. The monoisotopic (exact) mass is 241 g/mol.